The van der Waals surface area contributed by atoms with Gasteiger partial charge in [0, 0.05) is 32.7 Å². The predicted molar refractivity (Wildman–Crippen MR) is 120 cm³/mol. The van der Waals surface area contributed by atoms with E-state index in [1.54, 1.807) is 30.3 Å². The van der Waals surface area contributed by atoms with E-state index in [-0.39, 0.29) is 17.6 Å². The van der Waals surface area contributed by atoms with Crippen molar-refractivity contribution in [2.45, 2.75) is 0 Å². The molecular formula is C22H22ClN3O4S. The molecule has 3 aromatic rings. The third-order valence-electron chi connectivity index (χ3n) is 4.96. The third-order valence-corrected chi connectivity index (χ3v) is 6.26. The van der Waals surface area contributed by atoms with E-state index in [2.05, 4.69) is 10.2 Å². The number of carbonyl (C=O) groups excluding carboxylic acids is 2. The summed E-state index contributed by atoms with van der Waals surface area (Å²) in [6.45, 7) is 4.18. The smallest absolute Gasteiger partial charge is 0.291 e. The van der Waals surface area contributed by atoms with Crippen LogP contribution >= 0.6 is 22.9 Å². The molecule has 2 aromatic heterocycles. The summed E-state index contributed by atoms with van der Waals surface area (Å²) in [6, 6.07) is 14.1. The van der Waals surface area contributed by atoms with E-state index in [0.717, 1.165) is 19.6 Å². The molecule has 1 fully saturated rings. The summed E-state index contributed by atoms with van der Waals surface area (Å²) in [5.74, 6) is 0.565. The van der Waals surface area contributed by atoms with Crippen LogP contribution < -0.4 is 10.1 Å². The molecule has 4 rings (SSSR count). The second-order valence-electron chi connectivity index (χ2n) is 7.01. The number of piperazine rings is 1. The topological polar surface area (TPSA) is 75.0 Å². The number of benzene rings is 1. The van der Waals surface area contributed by atoms with Gasteiger partial charge in [-0.15, -0.1) is 11.3 Å². The number of halogens is 1. The Hall–Kier alpha value is -2.81. The monoisotopic (exact) mass is 459 g/mol. The Morgan fingerprint density at radius 1 is 1.06 bits per heavy atom. The van der Waals surface area contributed by atoms with Gasteiger partial charge in [0.05, 0.1) is 21.2 Å². The van der Waals surface area contributed by atoms with Crippen molar-refractivity contribution in [2.24, 2.45) is 0 Å². The van der Waals surface area contributed by atoms with E-state index in [4.69, 9.17) is 20.8 Å². The van der Waals surface area contributed by atoms with Gasteiger partial charge in [0.1, 0.15) is 12.4 Å². The number of hydrogen-bond donors (Lipinski definition) is 1. The van der Waals surface area contributed by atoms with Gasteiger partial charge in [0.2, 0.25) is 0 Å². The van der Waals surface area contributed by atoms with Crippen LogP contribution in [0.25, 0.3) is 0 Å². The van der Waals surface area contributed by atoms with Crippen LogP contribution in [0.5, 0.6) is 5.75 Å². The molecule has 0 bridgehead atoms. The maximum atomic E-state index is 12.8. The molecule has 9 heteroatoms. The number of amides is 2. The molecule has 0 saturated carbocycles. The molecule has 0 radical (unpaired) electrons. The number of anilines is 1. The molecule has 3 heterocycles. The maximum absolute atomic E-state index is 12.8. The minimum atomic E-state index is -0.335. The van der Waals surface area contributed by atoms with Gasteiger partial charge in [0.15, 0.2) is 5.76 Å². The minimum absolute atomic E-state index is 0.0181. The molecule has 1 aliphatic heterocycles. The summed E-state index contributed by atoms with van der Waals surface area (Å²) in [4.78, 5) is 29.6. The fourth-order valence-corrected chi connectivity index (χ4v) is 4.34. The molecule has 1 saturated heterocycles. The Bertz CT molecular complexity index is 1030. The van der Waals surface area contributed by atoms with Gasteiger partial charge in [-0.25, -0.2) is 0 Å². The van der Waals surface area contributed by atoms with Crippen molar-refractivity contribution >= 4 is 39.8 Å². The fraction of sp³-hybridized carbons (Fsp3) is 0.273. The fourth-order valence-electron chi connectivity index (χ4n) is 3.28. The van der Waals surface area contributed by atoms with Crippen molar-refractivity contribution in [2.75, 3.05) is 44.6 Å². The van der Waals surface area contributed by atoms with E-state index in [1.165, 1.54) is 17.6 Å². The number of ether oxygens (including phenoxy) is 1. The van der Waals surface area contributed by atoms with Gasteiger partial charge in [-0.2, -0.15) is 0 Å². The van der Waals surface area contributed by atoms with Crippen molar-refractivity contribution in [3.63, 3.8) is 0 Å². The highest BCUT2D eigenvalue weighted by Crippen LogP contribution is 2.25. The quantitative estimate of drug-likeness (QED) is 0.576. The summed E-state index contributed by atoms with van der Waals surface area (Å²) in [5.41, 5.74) is 0. The Labute approximate surface area is 189 Å². The lowest BCUT2D eigenvalue weighted by atomic mass is 10.3. The zero-order valence-corrected chi connectivity index (χ0v) is 18.3. The van der Waals surface area contributed by atoms with Crippen LogP contribution in [0.3, 0.4) is 0 Å². The first kappa shape index (κ1) is 21.4. The van der Waals surface area contributed by atoms with Gasteiger partial charge < -0.3 is 19.4 Å². The number of thiophene rings is 1. The number of para-hydroxylation sites is 1. The van der Waals surface area contributed by atoms with Crippen molar-refractivity contribution in [3.8, 4) is 5.75 Å². The lowest BCUT2D eigenvalue weighted by molar-refractivity contribution is 0.0625. The molecular weight excluding hydrogens is 438 g/mol. The molecule has 7 nitrogen and oxygen atoms in total. The van der Waals surface area contributed by atoms with E-state index in [1.807, 2.05) is 23.1 Å². The van der Waals surface area contributed by atoms with Crippen LogP contribution in [0.2, 0.25) is 5.02 Å². The van der Waals surface area contributed by atoms with Crippen LogP contribution in [0, 0.1) is 0 Å². The zero-order chi connectivity index (χ0) is 21.6. The Morgan fingerprint density at radius 3 is 2.61 bits per heavy atom. The highest BCUT2D eigenvalue weighted by molar-refractivity contribution is 7.18. The Morgan fingerprint density at radius 2 is 1.87 bits per heavy atom. The first-order valence-corrected chi connectivity index (χ1v) is 11.1. The lowest BCUT2D eigenvalue weighted by Crippen LogP contribution is -2.49. The van der Waals surface area contributed by atoms with E-state index < -0.39 is 0 Å². The number of furan rings is 1. The number of carbonyl (C=O) groups is 2. The van der Waals surface area contributed by atoms with Gasteiger partial charge in [-0.1, -0.05) is 23.7 Å². The normalized spacial score (nSPS) is 14.4. The Balaban J connectivity index is 1.22. The van der Waals surface area contributed by atoms with Crippen molar-refractivity contribution < 1.29 is 18.7 Å². The van der Waals surface area contributed by atoms with E-state index in [0.29, 0.717) is 40.3 Å². The van der Waals surface area contributed by atoms with Crippen LogP contribution in [0.15, 0.2) is 59.2 Å². The van der Waals surface area contributed by atoms with Gasteiger partial charge >= 0.3 is 0 Å². The number of nitrogens with zero attached hydrogens (tertiary/aromatic N) is 2. The van der Waals surface area contributed by atoms with Gasteiger partial charge in [-0.05, 0) is 36.4 Å². The average molecular weight is 460 g/mol. The second-order valence-corrected chi connectivity index (χ2v) is 8.50. The molecule has 1 N–H and O–H groups in total. The van der Waals surface area contributed by atoms with Crippen LogP contribution in [0.1, 0.15) is 20.2 Å². The molecule has 1 aliphatic rings. The zero-order valence-electron chi connectivity index (χ0n) is 16.8. The standard InChI is InChI=1S/C22H22ClN3O4S/c23-16-4-1-2-5-17(16)30-15-13-25-9-11-26(12-10-25)22(28)19-7-8-20(31-19)24-21(27)18-6-3-14-29-18/h1-8,14H,9-13,15H2,(H,24,27). The summed E-state index contributed by atoms with van der Waals surface area (Å²) in [5, 5.41) is 3.97. The average Bonchev–Trinajstić information content (AvgIpc) is 3.48. The van der Waals surface area contributed by atoms with Crippen molar-refractivity contribution in [1.82, 2.24) is 9.80 Å². The van der Waals surface area contributed by atoms with Crippen LogP contribution in [0.4, 0.5) is 5.00 Å². The third kappa shape index (κ3) is 5.46. The lowest BCUT2D eigenvalue weighted by Gasteiger charge is -2.34. The molecule has 0 atom stereocenters. The maximum Gasteiger partial charge on any atom is 0.291 e. The van der Waals surface area contributed by atoms with Crippen molar-refractivity contribution in [1.29, 1.82) is 0 Å². The van der Waals surface area contributed by atoms with Crippen molar-refractivity contribution in [3.05, 3.63) is 70.5 Å². The van der Waals surface area contributed by atoms with E-state index >= 15 is 0 Å². The molecule has 162 valence electrons. The second kappa shape index (κ2) is 10.00. The van der Waals surface area contributed by atoms with Crippen LogP contribution in [-0.2, 0) is 0 Å². The number of rotatable bonds is 7. The Kier molecular flexibility index (Phi) is 6.91. The largest absolute Gasteiger partial charge is 0.491 e. The first-order valence-electron chi connectivity index (χ1n) is 9.94. The van der Waals surface area contributed by atoms with Gasteiger partial charge in [-0.3, -0.25) is 14.5 Å². The minimum Gasteiger partial charge on any atom is -0.491 e. The SMILES string of the molecule is O=C(Nc1ccc(C(=O)N2CCN(CCOc3ccccc3Cl)CC2)s1)c1ccco1. The summed E-state index contributed by atoms with van der Waals surface area (Å²) in [6.07, 6.45) is 1.45. The molecule has 0 spiro atoms. The first-order chi connectivity index (χ1) is 15.1. The summed E-state index contributed by atoms with van der Waals surface area (Å²) < 4.78 is 10.8. The number of nitrogens with one attached hydrogen (secondary N) is 1. The summed E-state index contributed by atoms with van der Waals surface area (Å²) in [7, 11) is 0. The molecule has 31 heavy (non-hydrogen) atoms. The highest BCUT2D eigenvalue weighted by atomic mass is 35.5. The van der Waals surface area contributed by atoms with Gasteiger partial charge in [0.25, 0.3) is 11.8 Å². The van der Waals surface area contributed by atoms with Crippen LogP contribution in [-0.4, -0.2) is 60.9 Å². The molecule has 0 aliphatic carbocycles. The molecule has 0 unspecified atom stereocenters. The molecule has 2 amide bonds. The van der Waals surface area contributed by atoms with E-state index in [9.17, 15) is 9.59 Å². The summed E-state index contributed by atoms with van der Waals surface area (Å²) >= 11 is 7.37. The predicted octanol–water partition coefficient (Wildman–Crippen LogP) is 4.08. The molecule has 1 aromatic carbocycles. The highest BCUT2D eigenvalue weighted by Gasteiger charge is 2.23. The number of hydrogen-bond acceptors (Lipinski definition) is 6.